The Morgan fingerprint density at radius 1 is 1.32 bits per heavy atom. The van der Waals surface area contributed by atoms with Crippen LogP contribution in [0.3, 0.4) is 0 Å². The second kappa shape index (κ2) is 7.33. The van der Waals surface area contributed by atoms with Crippen LogP contribution in [-0.2, 0) is 6.18 Å². The van der Waals surface area contributed by atoms with Gasteiger partial charge in [-0.15, -0.1) is 0 Å². The van der Waals surface area contributed by atoms with Crippen LogP contribution in [0.1, 0.15) is 36.5 Å². The first-order chi connectivity index (χ1) is 11.8. The Kier molecular flexibility index (Phi) is 5.33. The van der Waals surface area contributed by atoms with Crippen molar-refractivity contribution in [3.8, 4) is 11.4 Å². The van der Waals surface area contributed by atoms with Crippen LogP contribution in [0.2, 0.25) is 0 Å². The van der Waals surface area contributed by atoms with E-state index in [4.69, 9.17) is 16.7 Å². The second-order valence-electron chi connectivity index (χ2n) is 5.75. The first-order valence-electron chi connectivity index (χ1n) is 7.81. The van der Waals surface area contributed by atoms with Crippen LogP contribution in [0, 0.1) is 0 Å². The smallest absolute Gasteiger partial charge is 0.358 e. The number of benzene rings is 1. The Labute approximate surface area is 152 Å². The summed E-state index contributed by atoms with van der Waals surface area (Å²) in [7, 11) is 0. The minimum atomic E-state index is -4.41. The van der Waals surface area contributed by atoms with Crippen molar-refractivity contribution in [2.24, 2.45) is 0 Å². The van der Waals surface area contributed by atoms with Gasteiger partial charge in [-0.2, -0.15) is 18.2 Å². The van der Waals surface area contributed by atoms with Crippen molar-refractivity contribution < 1.29 is 17.7 Å². The maximum absolute atomic E-state index is 12.8. The first-order valence-corrected chi connectivity index (χ1v) is 9.10. The molecular weight excluding hydrogens is 371 g/mol. The van der Waals surface area contributed by atoms with E-state index in [0.717, 1.165) is 42.4 Å². The lowest BCUT2D eigenvalue weighted by Gasteiger charge is -2.19. The summed E-state index contributed by atoms with van der Waals surface area (Å²) >= 11 is 6.87. The number of hydrogen-bond donors (Lipinski definition) is 0. The van der Waals surface area contributed by atoms with E-state index in [9.17, 15) is 13.2 Å². The average molecular weight is 387 g/mol. The molecule has 134 valence electrons. The van der Waals surface area contributed by atoms with E-state index in [2.05, 4.69) is 15.0 Å². The fourth-order valence-corrected chi connectivity index (χ4v) is 3.97. The minimum absolute atomic E-state index is 0.139. The van der Waals surface area contributed by atoms with E-state index in [1.54, 1.807) is 0 Å². The molecule has 1 aliphatic heterocycles. The summed E-state index contributed by atoms with van der Waals surface area (Å²) in [5.74, 6) is 0.486. The molecule has 9 heteroatoms. The maximum atomic E-state index is 12.8. The van der Waals surface area contributed by atoms with Crippen LogP contribution in [0.5, 0.6) is 0 Å². The van der Waals surface area contributed by atoms with E-state index in [1.807, 2.05) is 6.92 Å². The number of aromatic nitrogens is 2. The maximum Gasteiger partial charge on any atom is 0.416 e. The molecule has 3 rings (SSSR count). The molecule has 2 aromatic rings. The molecule has 2 heterocycles. The Bertz CT molecular complexity index is 757. The van der Waals surface area contributed by atoms with Crippen molar-refractivity contribution in [2.75, 3.05) is 13.1 Å². The molecule has 1 saturated heterocycles. The number of alkyl halides is 3. The van der Waals surface area contributed by atoms with Crippen LogP contribution in [0.15, 0.2) is 28.8 Å². The van der Waals surface area contributed by atoms with Gasteiger partial charge in [0.05, 0.1) is 10.8 Å². The summed E-state index contributed by atoms with van der Waals surface area (Å²) in [4.78, 5) is 6.38. The predicted molar refractivity (Wildman–Crippen MR) is 94.1 cm³/mol. The van der Waals surface area contributed by atoms with Crippen molar-refractivity contribution in [2.45, 2.75) is 31.2 Å². The topological polar surface area (TPSA) is 42.2 Å². The molecule has 0 bridgehead atoms. The molecule has 1 fully saturated rings. The molecule has 25 heavy (non-hydrogen) atoms. The molecule has 1 aromatic heterocycles. The standard InChI is InChI=1S/C16H16F3N3OS2/c1-10(25-15(24)22-7-2-3-8-22)14-20-13(21-23-14)11-5-4-6-12(9-11)16(17,18)19/h4-6,9-10H,2-3,7-8H2,1H3/t10-/m0/s1. The highest BCUT2D eigenvalue weighted by molar-refractivity contribution is 8.23. The van der Waals surface area contributed by atoms with E-state index >= 15 is 0 Å². The monoisotopic (exact) mass is 387 g/mol. The van der Waals surface area contributed by atoms with Gasteiger partial charge < -0.3 is 9.42 Å². The van der Waals surface area contributed by atoms with Crippen molar-refractivity contribution in [3.05, 3.63) is 35.7 Å². The highest BCUT2D eigenvalue weighted by Gasteiger charge is 2.31. The Morgan fingerprint density at radius 2 is 2.04 bits per heavy atom. The summed E-state index contributed by atoms with van der Waals surface area (Å²) < 4.78 is 44.5. The SMILES string of the molecule is C[C@H](SC(=S)N1CCCC1)c1nc(-c2cccc(C(F)(F)F)c2)no1. The third-order valence-electron chi connectivity index (χ3n) is 3.88. The number of thioether (sulfide) groups is 1. The van der Waals surface area contributed by atoms with Gasteiger partial charge in [-0.3, -0.25) is 0 Å². The fraction of sp³-hybridized carbons (Fsp3) is 0.438. The predicted octanol–water partition coefficient (Wildman–Crippen LogP) is 4.93. The van der Waals surface area contributed by atoms with Gasteiger partial charge in [0.2, 0.25) is 11.7 Å². The highest BCUT2D eigenvalue weighted by atomic mass is 32.2. The molecule has 0 spiro atoms. The van der Waals surface area contributed by atoms with Crippen molar-refractivity contribution in [1.29, 1.82) is 0 Å². The van der Waals surface area contributed by atoms with Gasteiger partial charge >= 0.3 is 6.18 Å². The largest absolute Gasteiger partial charge is 0.416 e. The van der Waals surface area contributed by atoms with Gasteiger partial charge in [0.15, 0.2) is 0 Å². The van der Waals surface area contributed by atoms with E-state index in [-0.39, 0.29) is 16.6 Å². The molecule has 1 aliphatic rings. The first kappa shape index (κ1) is 18.2. The Balaban J connectivity index is 1.72. The molecule has 0 aliphatic carbocycles. The van der Waals surface area contributed by atoms with Gasteiger partial charge in [-0.1, -0.05) is 41.3 Å². The van der Waals surface area contributed by atoms with Crippen LogP contribution < -0.4 is 0 Å². The molecule has 0 saturated carbocycles. The molecule has 1 aromatic carbocycles. The van der Waals surface area contributed by atoms with Gasteiger partial charge in [0.25, 0.3) is 0 Å². The van der Waals surface area contributed by atoms with Crippen LogP contribution in [0.25, 0.3) is 11.4 Å². The normalized spacial score (nSPS) is 16.2. The van der Waals surface area contributed by atoms with Crippen molar-refractivity contribution >= 4 is 28.3 Å². The molecule has 0 N–H and O–H groups in total. The summed E-state index contributed by atoms with van der Waals surface area (Å²) in [5.41, 5.74) is -0.474. The quantitative estimate of drug-likeness (QED) is 0.696. The van der Waals surface area contributed by atoms with E-state index in [1.165, 1.54) is 23.9 Å². The number of hydrogen-bond acceptors (Lipinski definition) is 5. The van der Waals surface area contributed by atoms with Crippen LogP contribution in [-0.4, -0.2) is 32.5 Å². The summed E-state index contributed by atoms with van der Waals surface area (Å²) in [6, 6.07) is 4.88. The van der Waals surface area contributed by atoms with Gasteiger partial charge in [0, 0.05) is 18.7 Å². The van der Waals surface area contributed by atoms with Crippen molar-refractivity contribution in [1.82, 2.24) is 15.0 Å². The fourth-order valence-electron chi connectivity index (χ4n) is 2.53. The Hall–Kier alpha value is -1.61. The lowest BCUT2D eigenvalue weighted by atomic mass is 10.1. The highest BCUT2D eigenvalue weighted by Crippen LogP contribution is 2.34. The molecule has 1 atom stereocenters. The molecule has 0 unspecified atom stereocenters. The van der Waals surface area contributed by atoms with Gasteiger partial charge in [0.1, 0.15) is 4.32 Å². The van der Waals surface area contributed by atoms with Crippen LogP contribution in [0.4, 0.5) is 13.2 Å². The third-order valence-corrected chi connectivity index (χ3v) is 5.44. The molecule has 0 radical (unpaired) electrons. The number of nitrogens with zero attached hydrogens (tertiary/aromatic N) is 3. The lowest BCUT2D eigenvalue weighted by Crippen LogP contribution is -2.23. The summed E-state index contributed by atoms with van der Waals surface area (Å²) in [6.07, 6.45) is -2.14. The number of thiocarbonyl (C=S) groups is 1. The van der Waals surface area contributed by atoms with Crippen LogP contribution >= 0.6 is 24.0 Å². The van der Waals surface area contributed by atoms with E-state index < -0.39 is 11.7 Å². The Morgan fingerprint density at radius 3 is 2.72 bits per heavy atom. The zero-order valence-corrected chi connectivity index (χ0v) is 15.0. The zero-order valence-electron chi connectivity index (χ0n) is 13.4. The van der Waals surface area contributed by atoms with E-state index in [0.29, 0.717) is 5.89 Å². The summed E-state index contributed by atoms with van der Waals surface area (Å²) in [6.45, 7) is 3.80. The minimum Gasteiger partial charge on any atom is -0.358 e. The zero-order chi connectivity index (χ0) is 18.0. The molecule has 4 nitrogen and oxygen atoms in total. The number of likely N-dealkylation sites (tertiary alicyclic amines) is 1. The number of halogens is 3. The lowest BCUT2D eigenvalue weighted by molar-refractivity contribution is -0.137. The number of rotatable bonds is 3. The third kappa shape index (κ3) is 4.33. The summed E-state index contributed by atoms with van der Waals surface area (Å²) in [5, 5.41) is 3.65. The van der Waals surface area contributed by atoms with Gasteiger partial charge in [-0.05, 0) is 31.9 Å². The molecule has 0 amide bonds. The molecular formula is C16H16F3N3OS2. The second-order valence-corrected chi connectivity index (χ2v) is 7.73. The van der Waals surface area contributed by atoms with Crippen molar-refractivity contribution in [3.63, 3.8) is 0 Å². The average Bonchev–Trinajstić information content (AvgIpc) is 3.26. The van der Waals surface area contributed by atoms with Gasteiger partial charge in [-0.25, -0.2) is 0 Å².